The maximum atomic E-state index is 12.8. The summed E-state index contributed by atoms with van der Waals surface area (Å²) in [5.41, 5.74) is 0. The molecule has 374 valence electrons. The number of carbonyl (C=O) groups is 3. The molecule has 8 heteroatoms. The summed E-state index contributed by atoms with van der Waals surface area (Å²) in [7, 11) is 0. The zero-order valence-electron chi connectivity index (χ0n) is 42.1. The highest BCUT2D eigenvalue weighted by Crippen LogP contribution is 2.15. The molecule has 0 aromatic heterocycles. The third-order valence-electron chi connectivity index (χ3n) is 11.5. The van der Waals surface area contributed by atoms with Gasteiger partial charge in [0.2, 0.25) is 0 Å². The molecule has 0 fully saturated rings. The maximum absolute atomic E-state index is 12.8. The van der Waals surface area contributed by atoms with E-state index in [1.165, 1.54) is 96.0 Å². The number of hydrogen-bond donors (Lipinski definition) is 1. The molecular formula is C57H98O8. The number of carbonyl (C=O) groups excluding carboxylic acids is 3. The molecule has 8 nitrogen and oxygen atoms in total. The van der Waals surface area contributed by atoms with Gasteiger partial charge in [-0.1, -0.05) is 203 Å². The van der Waals surface area contributed by atoms with Crippen LogP contribution in [0.25, 0.3) is 0 Å². The van der Waals surface area contributed by atoms with E-state index in [-0.39, 0.29) is 37.7 Å². The molecule has 0 aromatic carbocycles. The van der Waals surface area contributed by atoms with E-state index in [4.69, 9.17) is 19.5 Å². The van der Waals surface area contributed by atoms with Crippen LogP contribution in [0.2, 0.25) is 0 Å². The van der Waals surface area contributed by atoms with Crippen molar-refractivity contribution < 1.29 is 38.7 Å². The molecule has 0 bridgehead atoms. The van der Waals surface area contributed by atoms with Crippen LogP contribution >= 0.6 is 0 Å². The standard InChI is InChI=1S/C57H98O8/c1-4-7-9-11-13-15-17-19-21-23-27-31-35-39-43-48-55(58)62-51-54(64-57(60)50-45-41-37-33-28-24-22-20-18-16-14-12-10-8-5-2)52-63-56(59)49-44-40-36-32-29-25-26-30-34-38-42-47-53(65-61)46-6-3/h14,16,19-22,29,32,36,40,44,49,53-54,61H,4-13,15,17-18,23-28,30-31,33-35,37-39,41-43,45-48,50-52H2,1-3H3/b16-14-,21-19-,22-20-,32-29?,40-36?,49-44?. The summed E-state index contributed by atoms with van der Waals surface area (Å²) in [6.45, 7) is 6.26. The number of esters is 3. The van der Waals surface area contributed by atoms with Crippen molar-refractivity contribution in [2.45, 2.75) is 258 Å². The molecule has 0 saturated heterocycles. The van der Waals surface area contributed by atoms with Crippen molar-refractivity contribution in [2.24, 2.45) is 0 Å². The normalized spacial score (nSPS) is 13.1. The number of ether oxygens (including phenoxy) is 3. The van der Waals surface area contributed by atoms with E-state index in [9.17, 15) is 14.4 Å². The highest BCUT2D eigenvalue weighted by molar-refractivity contribution is 5.82. The molecule has 0 amide bonds. The Balaban J connectivity index is 4.58. The fourth-order valence-corrected chi connectivity index (χ4v) is 7.44. The second-order valence-electron chi connectivity index (χ2n) is 17.8. The predicted octanol–water partition coefficient (Wildman–Crippen LogP) is 16.9. The van der Waals surface area contributed by atoms with Crippen LogP contribution in [-0.2, 0) is 33.5 Å². The van der Waals surface area contributed by atoms with Crippen LogP contribution in [0.4, 0.5) is 0 Å². The van der Waals surface area contributed by atoms with E-state index >= 15 is 0 Å². The Kier molecular flexibility index (Phi) is 49.2. The molecule has 0 spiro atoms. The van der Waals surface area contributed by atoms with E-state index in [0.717, 1.165) is 122 Å². The van der Waals surface area contributed by atoms with Crippen LogP contribution in [0.3, 0.4) is 0 Å². The summed E-state index contributed by atoms with van der Waals surface area (Å²) in [5.74, 6) is -1.25. The SMILES string of the molecule is CCCCC/C=C\C/C=C\CCCCCCCC(=O)OC(COC(=O)C=CC=CC=CCCCCCCCC(CCC)OO)COC(=O)CCCCCCC/C=C\CCCCCCCC. The molecule has 0 rings (SSSR count). The molecule has 65 heavy (non-hydrogen) atoms. The second-order valence-corrected chi connectivity index (χ2v) is 17.8. The first-order valence-electron chi connectivity index (χ1n) is 26.7. The van der Waals surface area contributed by atoms with Crippen molar-refractivity contribution >= 4 is 17.9 Å². The highest BCUT2D eigenvalue weighted by atomic mass is 17.1. The fourth-order valence-electron chi connectivity index (χ4n) is 7.44. The molecule has 0 aromatic rings. The van der Waals surface area contributed by atoms with Gasteiger partial charge < -0.3 is 14.2 Å². The van der Waals surface area contributed by atoms with Gasteiger partial charge in [0.1, 0.15) is 13.2 Å². The molecule has 0 heterocycles. The maximum Gasteiger partial charge on any atom is 0.330 e. The first-order valence-corrected chi connectivity index (χ1v) is 26.7. The number of hydrogen-bond acceptors (Lipinski definition) is 8. The Morgan fingerprint density at radius 2 is 0.862 bits per heavy atom. The van der Waals surface area contributed by atoms with Gasteiger partial charge in [-0.25, -0.2) is 9.68 Å². The lowest BCUT2D eigenvalue weighted by Gasteiger charge is -2.18. The van der Waals surface area contributed by atoms with Gasteiger partial charge in [0.25, 0.3) is 0 Å². The summed E-state index contributed by atoms with van der Waals surface area (Å²) in [6, 6.07) is 0. The average molecular weight is 911 g/mol. The predicted molar refractivity (Wildman–Crippen MR) is 273 cm³/mol. The molecule has 0 aliphatic rings. The minimum atomic E-state index is -0.859. The Labute approximate surface area is 399 Å². The third kappa shape index (κ3) is 48.5. The minimum absolute atomic E-state index is 0.0309. The number of unbranched alkanes of at least 4 members (excludes halogenated alkanes) is 24. The summed E-state index contributed by atoms with van der Waals surface area (Å²) >= 11 is 0. The summed E-state index contributed by atoms with van der Waals surface area (Å²) in [6.07, 6.45) is 61.2. The van der Waals surface area contributed by atoms with E-state index in [0.29, 0.717) is 6.42 Å². The largest absolute Gasteiger partial charge is 0.462 e. The Bertz CT molecular complexity index is 1250. The first-order chi connectivity index (χ1) is 32.0. The molecule has 2 unspecified atom stereocenters. The smallest absolute Gasteiger partial charge is 0.330 e. The van der Waals surface area contributed by atoms with Gasteiger partial charge >= 0.3 is 17.9 Å². The first kappa shape index (κ1) is 61.8. The highest BCUT2D eigenvalue weighted by Gasteiger charge is 2.19. The molecule has 0 aliphatic carbocycles. The molecule has 0 radical (unpaired) electrons. The number of allylic oxidation sites excluding steroid dienone is 11. The summed E-state index contributed by atoms with van der Waals surface area (Å²) < 4.78 is 16.6. The van der Waals surface area contributed by atoms with E-state index < -0.39 is 12.1 Å². The zero-order chi connectivity index (χ0) is 47.4. The van der Waals surface area contributed by atoms with Gasteiger partial charge in [-0.2, -0.15) is 0 Å². The second kappa shape index (κ2) is 51.7. The van der Waals surface area contributed by atoms with Crippen molar-refractivity contribution in [1.29, 1.82) is 0 Å². The van der Waals surface area contributed by atoms with Crippen LogP contribution in [-0.4, -0.2) is 48.6 Å². The van der Waals surface area contributed by atoms with Crippen molar-refractivity contribution in [3.8, 4) is 0 Å². The lowest BCUT2D eigenvalue weighted by atomic mass is 10.0. The van der Waals surface area contributed by atoms with Gasteiger partial charge in [-0.05, 0) is 96.3 Å². The molecule has 2 atom stereocenters. The Morgan fingerprint density at radius 3 is 1.43 bits per heavy atom. The molecular weight excluding hydrogens is 813 g/mol. The minimum Gasteiger partial charge on any atom is -0.462 e. The van der Waals surface area contributed by atoms with E-state index in [2.05, 4.69) is 68.2 Å². The molecule has 0 saturated carbocycles. The zero-order valence-corrected chi connectivity index (χ0v) is 42.1. The van der Waals surface area contributed by atoms with Crippen LogP contribution in [0.5, 0.6) is 0 Å². The fraction of sp³-hybridized carbons (Fsp3) is 0.737. The van der Waals surface area contributed by atoms with Gasteiger partial charge in [-0.3, -0.25) is 14.8 Å². The number of rotatable bonds is 48. The topological polar surface area (TPSA) is 108 Å². The van der Waals surface area contributed by atoms with Crippen molar-refractivity contribution in [1.82, 2.24) is 0 Å². The average Bonchev–Trinajstić information content (AvgIpc) is 3.30. The summed E-state index contributed by atoms with van der Waals surface area (Å²) in [5, 5.41) is 8.94. The lowest BCUT2D eigenvalue weighted by molar-refractivity contribution is -0.281. The molecule has 1 N–H and O–H groups in total. The quantitative estimate of drug-likeness (QED) is 0.00940. The third-order valence-corrected chi connectivity index (χ3v) is 11.5. The lowest BCUT2D eigenvalue weighted by Crippen LogP contribution is -2.30. The van der Waals surface area contributed by atoms with Crippen LogP contribution < -0.4 is 0 Å². The van der Waals surface area contributed by atoms with Crippen molar-refractivity contribution in [3.05, 3.63) is 72.9 Å². The van der Waals surface area contributed by atoms with Gasteiger partial charge in [0.15, 0.2) is 6.10 Å². The Hall–Kier alpha value is -3.23. The van der Waals surface area contributed by atoms with Crippen LogP contribution in [0, 0.1) is 0 Å². The van der Waals surface area contributed by atoms with Gasteiger partial charge in [0, 0.05) is 18.9 Å². The monoisotopic (exact) mass is 911 g/mol. The van der Waals surface area contributed by atoms with Gasteiger partial charge in [0.05, 0.1) is 6.10 Å². The van der Waals surface area contributed by atoms with E-state index in [1.54, 1.807) is 12.2 Å². The van der Waals surface area contributed by atoms with Crippen molar-refractivity contribution in [2.75, 3.05) is 13.2 Å². The van der Waals surface area contributed by atoms with Crippen LogP contribution in [0.15, 0.2) is 72.9 Å². The molecule has 0 aliphatic heterocycles. The van der Waals surface area contributed by atoms with E-state index in [1.807, 2.05) is 12.2 Å². The van der Waals surface area contributed by atoms with Crippen LogP contribution in [0.1, 0.15) is 245 Å². The Morgan fingerprint density at radius 1 is 0.415 bits per heavy atom. The van der Waals surface area contributed by atoms with Crippen molar-refractivity contribution in [3.63, 3.8) is 0 Å². The summed E-state index contributed by atoms with van der Waals surface area (Å²) in [4.78, 5) is 42.4. The van der Waals surface area contributed by atoms with Gasteiger partial charge in [-0.15, -0.1) is 0 Å².